The van der Waals surface area contributed by atoms with Gasteiger partial charge in [-0.2, -0.15) is 0 Å². The highest BCUT2D eigenvalue weighted by atomic mass is 14.6. The molecule has 0 spiro atoms. The highest BCUT2D eigenvalue weighted by Gasteiger charge is 1.80. The van der Waals surface area contributed by atoms with Gasteiger partial charge in [-0.1, -0.05) is 40.0 Å². The maximum atomic E-state index is 3.89. The zero-order chi connectivity index (χ0) is 9.94. The van der Waals surface area contributed by atoms with Crippen LogP contribution in [0.4, 0.5) is 0 Å². The number of rotatable bonds is 3. The zero-order valence-corrected chi connectivity index (χ0v) is 9.09. The molecule has 1 aromatic rings. The number of hydrogen-bond acceptors (Lipinski definition) is 1. The molecule has 0 aromatic carbocycles. The summed E-state index contributed by atoms with van der Waals surface area (Å²) in [5.74, 6) is 0. The fourth-order valence-corrected chi connectivity index (χ4v) is 0.972. The molecule has 0 bridgehead atoms. The van der Waals surface area contributed by atoms with Crippen LogP contribution >= 0.6 is 0 Å². The number of nitrogens with zero attached hydrogens (tertiary/aromatic N) is 1. The molecule has 1 rings (SSSR count). The maximum Gasteiger partial charge on any atom is 0.0270 e. The molecule has 13 heavy (non-hydrogen) atoms. The van der Waals surface area contributed by atoms with Crippen molar-refractivity contribution in [3.63, 3.8) is 0 Å². The van der Waals surface area contributed by atoms with E-state index in [0.717, 1.165) is 6.42 Å². The smallest absolute Gasteiger partial charge is 0.0270 e. The first kappa shape index (κ1) is 12.2. The highest BCUT2D eigenvalue weighted by molar-refractivity contribution is 5.08. The van der Waals surface area contributed by atoms with Crippen molar-refractivity contribution in [3.8, 4) is 0 Å². The lowest BCUT2D eigenvalue weighted by molar-refractivity contribution is 0.772. The van der Waals surface area contributed by atoms with E-state index in [-0.39, 0.29) is 0 Å². The summed E-state index contributed by atoms with van der Waals surface area (Å²) in [5.41, 5.74) is 1.35. The first-order chi connectivity index (χ1) is 6.35. The first-order valence-electron chi connectivity index (χ1n) is 5.24. The quantitative estimate of drug-likeness (QED) is 0.687. The standard InChI is InChI=1S/C7H9N.C5H12/c1-2-7-3-5-8-6-4-7;1-3-5-4-2/h3-6H,2H2,1H3;3-5H2,1-2H3. The van der Waals surface area contributed by atoms with Gasteiger partial charge in [-0.3, -0.25) is 4.98 Å². The SMILES string of the molecule is CCCCC.CCc1ccncc1. The summed E-state index contributed by atoms with van der Waals surface area (Å²) in [5, 5.41) is 0. The van der Waals surface area contributed by atoms with Gasteiger partial charge in [0, 0.05) is 12.4 Å². The Morgan fingerprint density at radius 1 is 1.00 bits per heavy atom. The normalized spacial score (nSPS) is 8.85. The molecule has 0 saturated heterocycles. The van der Waals surface area contributed by atoms with Gasteiger partial charge in [0.25, 0.3) is 0 Å². The Morgan fingerprint density at radius 2 is 1.54 bits per heavy atom. The Labute approximate surface area is 82.2 Å². The van der Waals surface area contributed by atoms with Crippen LogP contribution < -0.4 is 0 Å². The second-order valence-electron chi connectivity index (χ2n) is 3.06. The van der Waals surface area contributed by atoms with Crippen molar-refractivity contribution in [2.45, 2.75) is 46.5 Å². The van der Waals surface area contributed by atoms with Gasteiger partial charge in [0.15, 0.2) is 0 Å². The van der Waals surface area contributed by atoms with Gasteiger partial charge >= 0.3 is 0 Å². The average Bonchev–Trinajstić information content (AvgIpc) is 2.21. The van der Waals surface area contributed by atoms with Crippen molar-refractivity contribution in [1.29, 1.82) is 0 Å². The molecule has 1 heterocycles. The molecule has 1 heteroatoms. The summed E-state index contributed by atoms with van der Waals surface area (Å²) in [6.07, 6.45) is 8.81. The highest BCUT2D eigenvalue weighted by Crippen LogP contribution is 1.94. The minimum atomic E-state index is 1.10. The minimum absolute atomic E-state index is 1.10. The van der Waals surface area contributed by atoms with Crippen LogP contribution in [0.1, 0.15) is 45.6 Å². The molecule has 0 unspecified atom stereocenters. The van der Waals surface area contributed by atoms with Crippen molar-refractivity contribution in [2.75, 3.05) is 0 Å². The van der Waals surface area contributed by atoms with E-state index in [0.29, 0.717) is 0 Å². The predicted molar refractivity (Wildman–Crippen MR) is 58.8 cm³/mol. The molecule has 0 aliphatic heterocycles. The summed E-state index contributed by atoms with van der Waals surface area (Å²) in [7, 11) is 0. The zero-order valence-electron chi connectivity index (χ0n) is 9.09. The first-order valence-corrected chi connectivity index (χ1v) is 5.24. The van der Waals surface area contributed by atoms with Crippen LogP contribution in [0, 0.1) is 0 Å². The Morgan fingerprint density at radius 3 is 1.77 bits per heavy atom. The molecule has 0 atom stereocenters. The topological polar surface area (TPSA) is 12.9 Å². The van der Waals surface area contributed by atoms with Gasteiger partial charge in [0.05, 0.1) is 0 Å². The molecule has 1 aromatic heterocycles. The molecule has 0 fully saturated rings. The van der Waals surface area contributed by atoms with Crippen LogP contribution in [0.2, 0.25) is 0 Å². The second kappa shape index (κ2) is 9.24. The van der Waals surface area contributed by atoms with Gasteiger partial charge < -0.3 is 0 Å². The predicted octanol–water partition coefficient (Wildman–Crippen LogP) is 3.84. The van der Waals surface area contributed by atoms with Crippen LogP contribution in [0.3, 0.4) is 0 Å². The van der Waals surface area contributed by atoms with Crippen LogP contribution in [-0.4, -0.2) is 4.98 Å². The molecule has 0 aliphatic rings. The van der Waals surface area contributed by atoms with Crippen molar-refractivity contribution in [2.24, 2.45) is 0 Å². The van der Waals surface area contributed by atoms with Gasteiger partial charge in [-0.05, 0) is 24.1 Å². The van der Waals surface area contributed by atoms with E-state index < -0.39 is 0 Å². The number of aryl methyl sites for hydroxylation is 1. The van der Waals surface area contributed by atoms with Crippen molar-refractivity contribution in [1.82, 2.24) is 4.98 Å². The molecule has 0 aliphatic carbocycles. The molecule has 74 valence electrons. The summed E-state index contributed by atoms with van der Waals surface area (Å²) >= 11 is 0. The molecule has 0 amide bonds. The Balaban J connectivity index is 0.000000252. The maximum absolute atomic E-state index is 3.89. The average molecular weight is 179 g/mol. The molecular weight excluding hydrogens is 158 g/mol. The minimum Gasteiger partial charge on any atom is -0.265 e. The summed E-state index contributed by atoms with van der Waals surface area (Å²) in [6.45, 7) is 6.56. The van der Waals surface area contributed by atoms with E-state index in [9.17, 15) is 0 Å². The largest absolute Gasteiger partial charge is 0.265 e. The second-order valence-corrected chi connectivity index (χ2v) is 3.06. The van der Waals surface area contributed by atoms with Crippen LogP contribution in [-0.2, 0) is 6.42 Å². The van der Waals surface area contributed by atoms with Gasteiger partial charge in [-0.15, -0.1) is 0 Å². The van der Waals surface area contributed by atoms with Crippen LogP contribution in [0.5, 0.6) is 0 Å². The molecule has 0 N–H and O–H groups in total. The van der Waals surface area contributed by atoms with Crippen LogP contribution in [0.15, 0.2) is 24.5 Å². The number of aromatic nitrogens is 1. The van der Waals surface area contributed by atoms with Gasteiger partial charge in [-0.25, -0.2) is 0 Å². The third-order valence-corrected chi connectivity index (χ3v) is 1.86. The van der Waals surface area contributed by atoms with Gasteiger partial charge in [0.2, 0.25) is 0 Å². The third-order valence-electron chi connectivity index (χ3n) is 1.86. The summed E-state index contributed by atoms with van der Waals surface area (Å²) in [4.78, 5) is 3.89. The summed E-state index contributed by atoms with van der Waals surface area (Å²) < 4.78 is 0. The lowest BCUT2D eigenvalue weighted by Crippen LogP contribution is -1.76. The molecule has 1 nitrogen and oxygen atoms in total. The van der Waals surface area contributed by atoms with E-state index in [2.05, 4.69) is 25.8 Å². The van der Waals surface area contributed by atoms with Crippen molar-refractivity contribution < 1.29 is 0 Å². The van der Waals surface area contributed by atoms with Crippen molar-refractivity contribution >= 4 is 0 Å². The fraction of sp³-hybridized carbons (Fsp3) is 0.583. The Kier molecular flexibility index (Phi) is 8.64. The monoisotopic (exact) mass is 179 g/mol. The number of pyridine rings is 1. The molecule has 0 radical (unpaired) electrons. The van der Waals surface area contributed by atoms with Gasteiger partial charge in [0.1, 0.15) is 0 Å². The Hall–Kier alpha value is -0.850. The lowest BCUT2D eigenvalue weighted by atomic mass is 10.2. The van der Waals surface area contributed by atoms with Crippen molar-refractivity contribution in [3.05, 3.63) is 30.1 Å². The van der Waals surface area contributed by atoms with Crippen LogP contribution in [0.25, 0.3) is 0 Å². The van der Waals surface area contributed by atoms with E-state index >= 15 is 0 Å². The number of unbranched alkanes of at least 4 members (excludes halogenated alkanes) is 2. The lowest BCUT2D eigenvalue weighted by Gasteiger charge is -1.89. The molecular formula is C12H21N. The third kappa shape index (κ3) is 7.51. The van der Waals surface area contributed by atoms with E-state index in [1.165, 1.54) is 24.8 Å². The fourth-order valence-electron chi connectivity index (χ4n) is 0.972. The van der Waals surface area contributed by atoms with E-state index in [4.69, 9.17) is 0 Å². The Bertz CT molecular complexity index is 180. The summed E-state index contributed by atoms with van der Waals surface area (Å²) in [6, 6.07) is 4.06. The molecule has 0 saturated carbocycles. The number of hydrogen-bond donors (Lipinski definition) is 0. The van der Waals surface area contributed by atoms with E-state index in [1.54, 1.807) is 0 Å². The van der Waals surface area contributed by atoms with E-state index in [1.807, 2.05) is 24.5 Å².